The summed E-state index contributed by atoms with van der Waals surface area (Å²) in [4.78, 5) is 34.7. The number of carboxylic acid groups (broad SMARTS) is 1. The molecule has 2 N–H and O–H groups in total. The van der Waals surface area contributed by atoms with E-state index in [1.165, 1.54) is 122 Å². The summed E-state index contributed by atoms with van der Waals surface area (Å²) in [5.41, 5.74) is 0. The number of unbranched alkanes of at least 4 members (excludes halogenated alkanes) is 24. The lowest BCUT2D eigenvalue weighted by molar-refractivity contribution is -0.147. The van der Waals surface area contributed by atoms with Gasteiger partial charge in [-0.3, -0.25) is 14.4 Å². The van der Waals surface area contributed by atoms with E-state index >= 15 is 0 Å². The van der Waals surface area contributed by atoms with Gasteiger partial charge in [-0.05, 0) is 63.9 Å². The van der Waals surface area contributed by atoms with E-state index in [1.54, 1.807) is 0 Å². The quantitative estimate of drug-likeness (QED) is 0.0388. The van der Waals surface area contributed by atoms with Crippen LogP contribution >= 0.6 is 0 Å². The number of ether oxygens (including phenoxy) is 1. The van der Waals surface area contributed by atoms with Crippen molar-refractivity contribution in [3.63, 3.8) is 0 Å². The van der Waals surface area contributed by atoms with Crippen LogP contribution in [0.15, 0.2) is 24.3 Å². The number of aliphatic carboxylic acids is 1. The van der Waals surface area contributed by atoms with Crippen LogP contribution in [0, 0.1) is 0 Å². The van der Waals surface area contributed by atoms with Crippen LogP contribution in [-0.2, 0) is 19.1 Å². The molecule has 0 aliphatic carbocycles. The molecule has 1 amide bonds. The van der Waals surface area contributed by atoms with Gasteiger partial charge >= 0.3 is 11.9 Å². The summed E-state index contributed by atoms with van der Waals surface area (Å²) in [5, 5.41) is 11.0. The van der Waals surface area contributed by atoms with Gasteiger partial charge in [-0.15, -0.1) is 0 Å². The molecule has 0 aliphatic rings. The van der Waals surface area contributed by atoms with Crippen LogP contribution in [-0.4, -0.2) is 35.6 Å². The fourth-order valence-electron chi connectivity index (χ4n) is 5.99. The summed E-state index contributed by atoms with van der Waals surface area (Å²) in [6, 6.07) is 0. The molecule has 0 fully saturated rings. The summed E-state index contributed by atoms with van der Waals surface area (Å²) >= 11 is 0. The number of carboxylic acids is 1. The molecule has 0 aromatic rings. The average Bonchev–Trinajstić information content (AvgIpc) is 3.07. The van der Waals surface area contributed by atoms with Crippen molar-refractivity contribution >= 4 is 17.8 Å². The molecule has 0 aromatic heterocycles. The minimum Gasteiger partial charge on any atom is -0.480 e. The predicted octanol–water partition coefficient (Wildman–Crippen LogP) is 12.3. The van der Waals surface area contributed by atoms with Crippen LogP contribution in [0.4, 0.5) is 0 Å². The molecule has 6 heteroatoms. The van der Waals surface area contributed by atoms with Gasteiger partial charge in [-0.25, -0.2) is 0 Å². The Kier molecular flexibility index (Phi) is 36.0. The summed E-state index contributed by atoms with van der Waals surface area (Å²) in [5.74, 6) is -1.33. The van der Waals surface area contributed by atoms with Gasteiger partial charge in [0.05, 0.1) is 0 Å². The van der Waals surface area contributed by atoms with Gasteiger partial charge in [-0.2, -0.15) is 0 Å². The van der Waals surface area contributed by atoms with Crippen molar-refractivity contribution in [3.05, 3.63) is 24.3 Å². The van der Waals surface area contributed by atoms with E-state index < -0.39 is 5.97 Å². The number of hydrogen-bond donors (Lipinski definition) is 2. The first-order valence-corrected chi connectivity index (χ1v) is 20.5. The van der Waals surface area contributed by atoms with Crippen LogP contribution in [0.1, 0.15) is 213 Å². The zero-order valence-corrected chi connectivity index (χ0v) is 31.6. The molecule has 0 saturated carbocycles. The van der Waals surface area contributed by atoms with Crippen LogP contribution in [0.3, 0.4) is 0 Å². The Morgan fingerprint density at radius 3 is 1.50 bits per heavy atom. The molecule has 6 nitrogen and oxygen atoms in total. The second-order valence-corrected chi connectivity index (χ2v) is 13.9. The first kappa shape index (κ1) is 45.9. The first-order valence-electron chi connectivity index (χ1n) is 20.5. The lowest BCUT2D eigenvalue weighted by Gasteiger charge is -2.15. The van der Waals surface area contributed by atoms with Crippen molar-refractivity contribution in [3.8, 4) is 0 Å². The molecular formula is C42H77NO5. The summed E-state index contributed by atoms with van der Waals surface area (Å²) in [6.45, 7) is 4.13. The molecule has 0 aromatic carbocycles. The Morgan fingerprint density at radius 2 is 0.979 bits per heavy atom. The minimum absolute atomic E-state index is 0.0887. The standard InChI is InChI=1S/C42H77NO5/c1-3-5-7-9-10-11-12-13-14-15-16-17-18-19-20-21-22-23-24-25-26-27-33-37-42(47)48-39(34-30-8-6-4-2)35-31-28-29-32-36-40(44)43-38-41(45)46/h15-16,30,34,39H,3-14,17-29,31-33,35-38H2,1-2H3,(H,43,44)(H,45,46)/b16-15-,34-30-. The maximum absolute atomic E-state index is 12.5. The van der Waals surface area contributed by atoms with E-state index in [-0.39, 0.29) is 24.5 Å². The second kappa shape index (κ2) is 37.7. The Labute approximate surface area is 296 Å². The average molecular weight is 676 g/mol. The van der Waals surface area contributed by atoms with E-state index in [0.29, 0.717) is 12.8 Å². The maximum atomic E-state index is 12.5. The number of esters is 1. The third-order valence-electron chi connectivity index (χ3n) is 9.08. The largest absolute Gasteiger partial charge is 0.480 e. The van der Waals surface area contributed by atoms with Crippen LogP contribution in [0.2, 0.25) is 0 Å². The van der Waals surface area contributed by atoms with Crippen molar-refractivity contribution < 1.29 is 24.2 Å². The molecule has 0 radical (unpaired) electrons. The smallest absolute Gasteiger partial charge is 0.322 e. The topological polar surface area (TPSA) is 92.7 Å². The van der Waals surface area contributed by atoms with E-state index in [2.05, 4.69) is 43.5 Å². The number of amides is 1. The summed E-state index contributed by atoms with van der Waals surface area (Å²) < 4.78 is 5.83. The van der Waals surface area contributed by atoms with Crippen molar-refractivity contribution in [2.24, 2.45) is 0 Å². The van der Waals surface area contributed by atoms with Crippen LogP contribution in [0.5, 0.6) is 0 Å². The minimum atomic E-state index is -1.03. The fraction of sp³-hybridized carbons (Fsp3) is 0.833. The molecule has 0 rings (SSSR count). The molecule has 1 unspecified atom stereocenters. The van der Waals surface area contributed by atoms with Crippen molar-refractivity contribution in [1.82, 2.24) is 5.32 Å². The van der Waals surface area contributed by atoms with Crippen LogP contribution in [0.25, 0.3) is 0 Å². The molecule has 0 saturated heterocycles. The molecule has 280 valence electrons. The number of rotatable bonds is 37. The Hall–Kier alpha value is -2.11. The number of hydrogen-bond acceptors (Lipinski definition) is 4. The monoisotopic (exact) mass is 676 g/mol. The third kappa shape index (κ3) is 36.7. The third-order valence-corrected chi connectivity index (χ3v) is 9.08. The number of nitrogens with one attached hydrogen (secondary N) is 1. The van der Waals surface area contributed by atoms with Crippen LogP contribution < -0.4 is 5.32 Å². The summed E-state index contributed by atoms with van der Waals surface area (Å²) in [6.07, 6.45) is 45.0. The first-order chi connectivity index (χ1) is 23.5. The van der Waals surface area contributed by atoms with Gasteiger partial charge in [-0.1, -0.05) is 160 Å². The van der Waals surface area contributed by atoms with E-state index in [0.717, 1.165) is 64.2 Å². The van der Waals surface area contributed by atoms with Gasteiger partial charge in [0.2, 0.25) is 5.91 Å². The molecular weight excluding hydrogens is 598 g/mol. The maximum Gasteiger partial charge on any atom is 0.322 e. The fourth-order valence-corrected chi connectivity index (χ4v) is 5.99. The molecule has 1 atom stereocenters. The normalized spacial score (nSPS) is 12.2. The Bertz CT molecular complexity index is 793. The zero-order valence-electron chi connectivity index (χ0n) is 31.6. The van der Waals surface area contributed by atoms with E-state index in [4.69, 9.17) is 9.84 Å². The predicted molar refractivity (Wildman–Crippen MR) is 203 cm³/mol. The van der Waals surface area contributed by atoms with Crippen molar-refractivity contribution in [2.75, 3.05) is 6.54 Å². The van der Waals surface area contributed by atoms with Gasteiger partial charge in [0.25, 0.3) is 0 Å². The van der Waals surface area contributed by atoms with Gasteiger partial charge in [0.15, 0.2) is 0 Å². The Morgan fingerprint density at radius 1 is 0.542 bits per heavy atom. The molecule has 0 heterocycles. The SMILES string of the molecule is CCCC/C=C\C(CCCCCCC(=O)NCC(=O)O)OC(=O)CCCCCCCCCCCCC/C=C\CCCCCCCCCC. The van der Waals surface area contributed by atoms with Gasteiger partial charge < -0.3 is 15.2 Å². The highest BCUT2D eigenvalue weighted by Gasteiger charge is 2.12. The van der Waals surface area contributed by atoms with Crippen molar-refractivity contribution in [1.29, 1.82) is 0 Å². The molecule has 0 aliphatic heterocycles. The van der Waals surface area contributed by atoms with Crippen molar-refractivity contribution in [2.45, 2.75) is 219 Å². The lowest BCUT2D eigenvalue weighted by Crippen LogP contribution is -2.28. The lowest BCUT2D eigenvalue weighted by atomic mass is 10.0. The number of carbonyl (C=O) groups excluding carboxylic acids is 2. The number of carbonyl (C=O) groups is 3. The second-order valence-electron chi connectivity index (χ2n) is 13.9. The Balaban J connectivity index is 3.73. The van der Waals surface area contributed by atoms with Gasteiger partial charge in [0.1, 0.15) is 12.6 Å². The highest BCUT2D eigenvalue weighted by atomic mass is 16.5. The van der Waals surface area contributed by atoms with E-state index in [1.807, 2.05) is 0 Å². The molecule has 0 bridgehead atoms. The van der Waals surface area contributed by atoms with Gasteiger partial charge in [0, 0.05) is 12.8 Å². The summed E-state index contributed by atoms with van der Waals surface area (Å²) in [7, 11) is 0. The number of allylic oxidation sites excluding steroid dienone is 3. The zero-order chi connectivity index (χ0) is 35.2. The highest BCUT2D eigenvalue weighted by Crippen LogP contribution is 2.16. The molecule has 0 spiro atoms. The highest BCUT2D eigenvalue weighted by molar-refractivity contribution is 5.80. The van der Waals surface area contributed by atoms with E-state index in [9.17, 15) is 14.4 Å². The molecule has 48 heavy (non-hydrogen) atoms.